The van der Waals surface area contributed by atoms with Crippen LogP contribution in [-0.4, -0.2) is 32.1 Å². The number of nitrogens with one attached hydrogen (secondary N) is 1. The van der Waals surface area contributed by atoms with Crippen LogP contribution in [0, 0.1) is 5.92 Å². The molecule has 0 heterocycles. The van der Waals surface area contributed by atoms with Gasteiger partial charge in [0, 0.05) is 25.6 Å². The maximum Gasteiger partial charge on any atom is 0.132 e. The van der Waals surface area contributed by atoms with E-state index >= 15 is 0 Å². The summed E-state index contributed by atoms with van der Waals surface area (Å²) in [7, 11) is 1.72. The summed E-state index contributed by atoms with van der Waals surface area (Å²) >= 11 is 0. The molecule has 3 heteroatoms. The number of Topliss-reactive ketones (excluding diaryl/α,β-unsaturated/α-hetero) is 1. The van der Waals surface area contributed by atoms with Crippen molar-refractivity contribution >= 4 is 5.78 Å². The van der Waals surface area contributed by atoms with Crippen LogP contribution in [0.5, 0.6) is 0 Å². The molecule has 0 saturated heterocycles. The first-order chi connectivity index (χ1) is 6.74. The van der Waals surface area contributed by atoms with E-state index in [0.29, 0.717) is 17.7 Å². The van der Waals surface area contributed by atoms with Crippen molar-refractivity contribution in [3.8, 4) is 0 Å². The normalized spacial score (nSPS) is 27.6. The third-order valence-corrected chi connectivity index (χ3v) is 3.04. The van der Waals surface area contributed by atoms with Crippen LogP contribution >= 0.6 is 0 Å². The predicted octanol–water partition coefficient (Wildman–Crippen LogP) is 1.37. The largest absolute Gasteiger partial charge is 0.383 e. The molecule has 0 aromatic carbocycles. The van der Waals surface area contributed by atoms with Crippen molar-refractivity contribution in [1.29, 1.82) is 0 Å². The highest BCUT2D eigenvalue weighted by Crippen LogP contribution is 2.24. The molecule has 1 saturated carbocycles. The minimum atomic E-state index is 0.329. The molecule has 0 unspecified atom stereocenters. The van der Waals surface area contributed by atoms with Gasteiger partial charge in [-0.2, -0.15) is 0 Å². The van der Waals surface area contributed by atoms with E-state index < -0.39 is 0 Å². The van der Waals surface area contributed by atoms with Gasteiger partial charge < -0.3 is 10.1 Å². The molecule has 1 aliphatic carbocycles. The Bertz CT molecular complexity index is 174. The van der Waals surface area contributed by atoms with Gasteiger partial charge in [-0.1, -0.05) is 0 Å². The first-order valence-electron chi connectivity index (χ1n) is 5.46. The highest BCUT2D eigenvalue weighted by atomic mass is 16.5. The Morgan fingerprint density at radius 3 is 2.50 bits per heavy atom. The molecule has 0 radical (unpaired) electrons. The number of carbonyl (C=O) groups is 1. The Balaban J connectivity index is 2.12. The Morgan fingerprint density at radius 2 is 2.00 bits per heavy atom. The summed E-state index contributed by atoms with van der Waals surface area (Å²) in [6, 6.07) is 0.598. The number of ether oxygens (including phenoxy) is 1. The molecule has 0 spiro atoms. The van der Waals surface area contributed by atoms with E-state index in [1.807, 2.05) is 0 Å². The fourth-order valence-electron chi connectivity index (χ4n) is 2.07. The van der Waals surface area contributed by atoms with Crippen LogP contribution in [0.2, 0.25) is 0 Å². The quantitative estimate of drug-likeness (QED) is 0.680. The van der Waals surface area contributed by atoms with E-state index in [1.54, 1.807) is 14.0 Å². The molecule has 1 rings (SSSR count). The molecule has 82 valence electrons. The van der Waals surface area contributed by atoms with Crippen LogP contribution in [0.1, 0.15) is 32.6 Å². The monoisotopic (exact) mass is 199 g/mol. The number of carbonyl (C=O) groups excluding carboxylic acids is 1. The van der Waals surface area contributed by atoms with Crippen LogP contribution in [-0.2, 0) is 9.53 Å². The topological polar surface area (TPSA) is 38.3 Å². The van der Waals surface area contributed by atoms with E-state index in [1.165, 1.54) is 0 Å². The van der Waals surface area contributed by atoms with Gasteiger partial charge in [0.2, 0.25) is 0 Å². The molecule has 0 aromatic rings. The lowest BCUT2D eigenvalue weighted by molar-refractivity contribution is -0.121. The lowest BCUT2D eigenvalue weighted by Crippen LogP contribution is -2.36. The zero-order valence-electron chi connectivity index (χ0n) is 9.21. The average molecular weight is 199 g/mol. The van der Waals surface area contributed by atoms with Crippen molar-refractivity contribution in [2.45, 2.75) is 38.6 Å². The van der Waals surface area contributed by atoms with Crippen molar-refractivity contribution in [2.75, 3.05) is 20.3 Å². The highest BCUT2D eigenvalue weighted by Gasteiger charge is 2.23. The summed E-state index contributed by atoms with van der Waals surface area (Å²) in [5.74, 6) is 0.691. The lowest BCUT2D eigenvalue weighted by atomic mass is 9.84. The lowest BCUT2D eigenvalue weighted by Gasteiger charge is -2.27. The van der Waals surface area contributed by atoms with Crippen molar-refractivity contribution < 1.29 is 9.53 Å². The van der Waals surface area contributed by atoms with Gasteiger partial charge in [-0.3, -0.25) is 4.79 Å². The summed E-state index contributed by atoms with van der Waals surface area (Å²) < 4.78 is 4.98. The van der Waals surface area contributed by atoms with Crippen molar-refractivity contribution in [3.05, 3.63) is 0 Å². The van der Waals surface area contributed by atoms with Gasteiger partial charge in [0.25, 0.3) is 0 Å². The van der Waals surface area contributed by atoms with E-state index in [2.05, 4.69) is 5.32 Å². The number of methoxy groups -OCH3 is 1. The maximum atomic E-state index is 11.1. The SMILES string of the molecule is COCCNC1CCC(C(C)=O)CC1. The molecule has 1 N–H and O–H groups in total. The van der Waals surface area contributed by atoms with Crippen molar-refractivity contribution in [2.24, 2.45) is 5.92 Å². The number of ketones is 1. The van der Waals surface area contributed by atoms with Crippen LogP contribution in [0.25, 0.3) is 0 Å². The molecule has 1 aliphatic rings. The second-order valence-electron chi connectivity index (χ2n) is 4.11. The standard InChI is InChI=1S/C11H21NO2/c1-9(13)10-3-5-11(6-4-10)12-7-8-14-2/h10-12H,3-8H2,1-2H3. The molecule has 1 fully saturated rings. The number of hydrogen-bond donors (Lipinski definition) is 1. The summed E-state index contributed by atoms with van der Waals surface area (Å²) in [6.45, 7) is 3.40. The molecule has 0 aliphatic heterocycles. The Hall–Kier alpha value is -0.410. The van der Waals surface area contributed by atoms with Crippen molar-refractivity contribution in [1.82, 2.24) is 5.32 Å². The third-order valence-electron chi connectivity index (χ3n) is 3.04. The van der Waals surface area contributed by atoms with Crippen LogP contribution < -0.4 is 5.32 Å². The van der Waals surface area contributed by atoms with Crippen LogP contribution in [0.3, 0.4) is 0 Å². The molecule has 0 bridgehead atoms. The summed E-state index contributed by atoms with van der Waals surface area (Å²) in [5, 5.41) is 3.45. The van der Waals surface area contributed by atoms with Gasteiger partial charge in [0.1, 0.15) is 5.78 Å². The Labute approximate surface area is 86.2 Å². The van der Waals surface area contributed by atoms with Gasteiger partial charge in [-0.25, -0.2) is 0 Å². The molecular formula is C11H21NO2. The van der Waals surface area contributed by atoms with E-state index in [9.17, 15) is 4.79 Å². The Kier molecular flexibility index (Phi) is 5.12. The smallest absolute Gasteiger partial charge is 0.132 e. The summed E-state index contributed by atoms with van der Waals surface area (Å²) in [5.41, 5.74) is 0. The summed E-state index contributed by atoms with van der Waals surface area (Å²) in [4.78, 5) is 11.1. The van der Waals surface area contributed by atoms with E-state index in [4.69, 9.17) is 4.74 Å². The van der Waals surface area contributed by atoms with Gasteiger partial charge in [0.15, 0.2) is 0 Å². The van der Waals surface area contributed by atoms with Gasteiger partial charge in [0.05, 0.1) is 6.61 Å². The average Bonchev–Trinajstić information content (AvgIpc) is 2.19. The number of hydrogen-bond acceptors (Lipinski definition) is 3. The third kappa shape index (κ3) is 3.76. The Morgan fingerprint density at radius 1 is 1.36 bits per heavy atom. The van der Waals surface area contributed by atoms with E-state index in [-0.39, 0.29) is 0 Å². The first-order valence-corrected chi connectivity index (χ1v) is 5.46. The molecule has 0 atom stereocenters. The maximum absolute atomic E-state index is 11.1. The van der Waals surface area contributed by atoms with Gasteiger partial charge >= 0.3 is 0 Å². The second-order valence-corrected chi connectivity index (χ2v) is 4.11. The van der Waals surface area contributed by atoms with E-state index in [0.717, 1.165) is 38.8 Å². The zero-order chi connectivity index (χ0) is 10.4. The zero-order valence-corrected chi connectivity index (χ0v) is 9.21. The molecule has 14 heavy (non-hydrogen) atoms. The predicted molar refractivity (Wildman–Crippen MR) is 56.3 cm³/mol. The second kappa shape index (κ2) is 6.14. The van der Waals surface area contributed by atoms with Crippen molar-refractivity contribution in [3.63, 3.8) is 0 Å². The molecular weight excluding hydrogens is 178 g/mol. The minimum absolute atomic E-state index is 0.329. The minimum Gasteiger partial charge on any atom is -0.383 e. The van der Waals surface area contributed by atoms with Crippen LogP contribution in [0.4, 0.5) is 0 Å². The van der Waals surface area contributed by atoms with Gasteiger partial charge in [-0.05, 0) is 32.6 Å². The molecule has 3 nitrogen and oxygen atoms in total. The highest BCUT2D eigenvalue weighted by molar-refractivity contribution is 5.78. The van der Waals surface area contributed by atoms with Crippen LogP contribution in [0.15, 0.2) is 0 Å². The van der Waals surface area contributed by atoms with Gasteiger partial charge in [-0.15, -0.1) is 0 Å². The fourth-order valence-corrected chi connectivity index (χ4v) is 2.07. The fraction of sp³-hybridized carbons (Fsp3) is 0.909. The molecule has 0 amide bonds. The summed E-state index contributed by atoms with van der Waals surface area (Å²) in [6.07, 6.45) is 4.38. The first kappa shape index (κ1) is 11.7. The molecule has 0 aromatic heterocycles. The number of rotatable bonds is 5.